The van der Waals surface area contributed by atoms with Gasteiger partial charge in [-0.25, -0.2) is 0 Å². The number of hydrogen-bond acceptors (Lipinski definition) is 4. The molecule has 1 amide bonds. The van der Waals surface area contributed by atoms with Crippen LogP contribution in [0.25, 0.3) is 0 Å². The molecule has 92 valence electrons. The molecule has 3 N–H and O–H groups in total. The first-order valence-corrected chi connectivity index (χ1v) is 5.65. The Bertz CT molecular complexity index is 549. The van der Waals surface area contributed by atoms with E-state index in [0.29, 0.717) is 22.8 Å². The number of carbonyl (C=O) groups excluding carboxylic acids is 1. The molecule has 0 fully saturated rings. The number of aromatic nitrogens is 1. The van der Waals surface area contributed by atoms with E-state index in [9.17, 15) is 4.79 Å². The van der Waals surface area contributed by atoms with Crippen LogP contribution in [0, 0.1) is 0 Å². The molecule has 0 unspecified atom stereocenters. The summed E-state index contributed by atoms with van der Waals surface area (Å²) in [7, 11) is 0. The van der Waals surface area contributed by atoms with Gasteiger partial charge in [-0.05, 0) is 12.1 Å². The molecule has 0 bridgehead atoms. The molecule has 0 aliphatic heterocycles. The lowest BCUT2D eigenvalue weighted by Gasteiger charge is -2.04. The summed E-state index contributed by atoms with van der Waals surface area (Å²) in [5.41, 5.74) is 7.42. The van der Waals surface area contributed by atoms with Gasteiger partial charge in [0.05, 0.1) is 6.54 Å². The molecular weight excluding hydrogens is 250 g/mol. The highest BCUT2D eigenvalue weighted by molar-refractivity contribution is 7.80. The summed E-state index contributed by atoms with van der Waals surface area (Å²) >= 11 is 4.83. The van der Waals surface area contributed by atoms with Gasteiger partial charge in [-0.1, -0.05) is 29.5 Å². The molecule has 1 aromatic heterocycles. The van der Waals surface area contributed by atoms with Crippen molar-refractivity contribution < 1.29 is 9.32 Å². The van der Waals surface area contributed by atoms with E-state index in [1.54, 1.807) is 30.3 Å². The van der Waals surface area contributed by atoms with Gasteiger partial charge in [0, 0.05) is 17.2 Å². The third-order valence-electron chi connectivity index (χ3n) is 2.35. The fourth-order valence-corrected chi connectivity index (χ4v) is 1.52. The molecule has 1 aromatic carbocycles. The van der Waals surface area contributed by atoms with Crippen LogP contribution in [0.3, 0.4) is 0 Å². The molecule has 0 aliphatic rings. The standard InChI is InChI=1S/C12H11N3O2S/c13-11(18)8-1-3-9(4-2-8)12(16)14-7-10-5-6-17-15-10/h1-6H,7H2,(H2,13,18)(H,14,16). The van der Waals surface area contributed by atoms with Gasteiger partial charge >= 0.3 is 0 Å². The van der Waals surface area contributed by atoms with E-state index in [2.05, 4.69) is 15.0 Å². The average molecular weight is 261 g/mol. The summed E-state index contributed by atoms with van der Waals surface area (Å²) in [6.45, 7) is 0.326. The van der Waals surface area contributed by atoms with Gasteiger partial charge in [0.1, 0.15) is 16.9 Å². The number of hydrogen-bond donors (Lipinski definition) is 2. The molecule has 0 saturated heterocycles. The Hall–Kier alpha value is -2.21. The zero-order valence-corrected chi connectivity index (χ0v) is 10.2. The predicted octanol–water partition coefficient (Wildman–Crippen LogP) is 1.24. The van der Waals surface area contributed by atoms with Gasteiger partial charge in [-0.15, -0.1) is 0 Å². The van der Waals surface area contributed by atoms with Gasteiger partial charge in [0.25, 0.3) is 5.91 Å². The quantitative estimate of drug-likeness (QED) is 0.809. The van der Waals surface area contributed by atoms with Gasteiger partial charge in [0.2, 0.25) is 0 Å². The number of rotatable bonds is 4. The highest BCUT2D eigenvalue weighted by Gasteiger charge is 2.06. The minimum absolute atomic E-state index is 0.188. The number of nitrogens with two attached hydrogens (primary N) is 1. The molecule has 0 saturated carbocycles. The van der Waals surface area contributed by atoms with E-state index in [-0.39, 0.29) is 5.91 Å². The number of amides is 1. The van der Waals surface area contributed by atoms with Crippen LogP contribution in [0.1, 0.15) is 21.6 Å². The maximum Gasteiger partial charge on any atom is 0.251 e. The summed E-state index contributed by atoms with van der Waals surface area (Å²) in [5, 5.41) is 6.42. The third-order valence-corrected chi connectivity index (χ3v) is 2.59. The minimum Gasteiger partial charge on any atom is -0.389 e. The molecule has 0 spiro atoms. The smallest absolute Gasteiger partial charge is 0.251 e. The summed E-state index contributed by atoms with van der Waals surface area (Å²) in [6, 6.07) is 8.47. The van der Waals surface area contributed by atoms with Gasteiger partial charge in [-0.3, -0.25) is 4.79 Å². The second-order valence-corrected chi connectivity index (χ2v) is 4.05. The van der Waals surface area contributed by atoms with Gasteiger partial charge in [-0.2, -0.15) is 0 Å². The lowest BCUT2D eigenvalue weighted by atomic mass is 10.1. The molecule has 18 heavy (non-hydrogen) atoms. The van der Waals surface area contributed by atoms with Crippen molar-refractivity contribution in [3.8, 4) is 0 Å². The third kappa shape index (κ3) is 2.92. The number of nitrogens with zero attached hydrogens (tertiary/aromatic N) is 1. The second-order valence-electron chi connectivity index (χ2n) is 3.62. The van der Waals surface area contributed by atoms with Crippen molar-refractivity contribution in [3.63, 3.8) is 0 Å². The zero-order valence-electron chi connectivity index (χ0n) is 9.42. The highest BCUT2D eigenvalue weighted by Crippen LogP contribution is 2.05. The SMILES string of the molecule is NC(=S)c1ccc(C(=O)NCc2ccon2)cc1. The van der Waals surface area contributed by atoms with Crippen LogP contribution in [0.2, 0.25) is 0 Å². The molecule has 0 atom stereocenters. The number of benzene rings is 1. The zero-order chi connectivity index (χ0) is 13.0. The monoisotopic (exact) mass is 261 g/mol. The van der Waals surface area contributed by atoms with Crippen molar-refractivity contribution in [1.29, 1.82) is 0 Å². The first-order valence-electron chi connectivity index (χ1n) is 5.24. The van der Waals surface area contributed by atoms with E-state index in [1.807, 2.05) is 0 Å². The largest absolute Gasteiger partial charge is 0.389 e. The van der Waals surface area contributed by atoms with E-state index in [4.69, 9.17) is 18.0 Å². The fourth-order valence-electron chi connectivity index (χ4n) is 1.39. The van der Waals surface area contributed by atoms with Crippen molar-refractivity contribution in [1.82, 2.24) is 10.5 Å². The maximum absolute atomic E-state index is 11.8. The Labute approximate surface area is 109 Å². The first kappa shape index (κ1) is 12.3. The van der Waals surface area contributed by atoms with E-state index in [1.165, 1.54) is 6.26 Å². The molecule has 2 rings (SSSR count). The van der Waals surface area contributed by atoms with Crippen molar-refractivity contribution in [2.45, 2.75) is 6.54 Å². The molecule has 6 heteroatoms. The molecule has 5 nitrogen and oxygen atoms in total. The Morgan fingerprint density at radius 3 is 2.50 bits per heavy atom. The Morgan fingerprint density at radius 2 is 1.94 bits per heavy atom. The van der Waals surface area contributed by atoms with Crippen LogP contribution in [-0.2, 0) is 6.54 Å². The van der Waals surface area contributed by atoms with Crippen LogP contribution in [0.15, 0.2) is 41.1 Å². The fraction of sp³-hybridized carbons (Fsp3) is 0.0833. The summed E-state index contributed by atoms with van der Waals surface area (Å²) in [4.78, 5) is 12.1. The minimum atomic E-state index is -0.188. The number of thiocarbonyl (C=S) groups is 1. The van der Waals surface area contributed by atoms with Crippen molar-refractivity contribution >= 4 is 23.1 Å². The first-order chi connectivity index (χ1) is 8.66. The number of nitrogens with one attached hydrogen (secondary N) is 1. The lowest BCUT2D eigenvalue weighted by Crippen LogP contribution is -2.23. The average Bonchev–Trinajstić information content (AvgIpc) is 2.89. The van der Waals surface area contributed by atoms with Gasteiger partial charge in [0.15, 0.2) is 0 Å². The van der Waals surface area contributed by atoms with E-state index in [0.717, 1.165) is 5.56 Å². The maximum atomic E-state index is 11.8. The highest BCUT2D eigenvalue weighted by atomic mass is 32.1. The van der Waals surface area contributed by atoms with Crippen LogP contribution in [0.5, 0.6) is 0 Å². The molecule has 0 aliphatic carbocycles. The molecular formula is C12H11N3O2S. The number of carbonyl (C=O) groups is 1. The van der Waals surface area contributed by atoms with Crippen molar-refractivity contribution in [3.05, 3.63) is 53.4 Å². The van der Waals surface area contributed by atoms with Crippen LogP contribution >= 0.6 is 12.2 Å². The second kappa shape index (κ2) is 5.42. The van der Waals surface area contributed by atoms with Gasteiger partial charge < -0.3 is 15.6 Å². The van der Waals surface area contributed by atoms with Crippen molar-refractivity contribution in [2.24, 2.45) is 5.73 Å². The molecule has 1 heterocycles. The van der Waals surface area contributed by atoms with E-state index >= 15 is 0 Å². The normalized spacial score (nSPS) is 10.0. The Kier molecular flexibility index (Phi) is 3.69. The topological polar surface area (TPSA) is 81.2 Å². The summed E-state index contributed by atoms with van der Waals surface area (Å²) in [5.74, 6) is -0.188. The van der Waals surface area contributed by atoms with Crippen LogP contribution in [-0.4, -0.2) is 16.1 Å². The molecule has 2 aromatic rings. The summed E-state index contributed by atoms with van der Waals surface area (Å²) in [6.07, 6.45) is 1.46. The lowest BCUT2D eigenvalue weighted by molar-refractivity contribution is 0.0950. The predicted molar refractivity (Wildman–Crippen MR) is 70.0 cm³/mol. The van der Waals surface area contributed by atoms with E-state index < -0.39 is 0 Å². The summed E-state index contributed by atoms with van der Waals surface area (Å²) < 4.78 is 4.67. The van der Waals surface area contributed by atoms with Crippen LogP contribution < -0.4 is 11.1 Å². The molecule has 0 radical (unpaired) electrons. The Balaban J connectivity index is 1.98. The Morgan fingerprint density at radius 1 is 1.28 bits per heavy atom. The van der Waals surface area contributed by atoms with Crippen molar-refractivity contribution in [2.75, 3.05) is 0 Å². The van der Waals surface area contributed by atoms with Crippen LogP contribution in [0.4, 0.5) is 0 Å².